The van der Waals surface area contributed by atoms with Gasteiger partial charge in [-0.05, 0) is 25.2 Å². The zero-order chi connectivity index (χ0) is 12.4. The fourth-order valence-corrected chi connectivity index (χ4v) is 1.97. The van der Waals surface area contributed by atoms with E-state index in [0.717, 1.165) is 12.8 Å². The van der Waals surface area contributed by atoms with E-state index in [1.54, 1.807) is 7.11 Å². The van der Waals surface area contributed by atoms with Crippen LogP contribution in [0.5, 0.6) is 0 Å². The van der Waals surface area contributed by atoms with Crippen molar-refractivity contribution in [1.29, 1.82) is 0 Å². The number of nitrogens with zero attached hydrogens (tertiary/aromatic N) is 2. The summed E-state index contributed by atoms with van der Waals surface area (Å²) in [5.74, 6) is 1.51. The van der Waals surface area contributed by atoms with E-state index in [9.17, 15) is 5.11 Å². The number of methoxy groups -OCH3 is 1. The molecule has 0 amide bonds. The van der Waals surface area contributed by atoms with Gasteiger partial charge in [-0.1, -0.05) is 19.0 Å². The molecular weight excluding hydrogens is 220 g/mol. The van der Waals surface area contributed by atoms with E-state index in [2.05, 4.69) is 10.1 Å². The Morgan fingerprint density at radius 1 is 1.53 bits per heavy atom. The van der Waals surface area contributed by atoms with Crippen molar-refractivity contribution < 1.29 is 14.4 Å². The molecule has 17 heavy (non-hydrogen) atoms. The second-order valence-electron chi connectivity index (χ2n) is 4.75. The molecule has 0 aromatic carbocycles. The lowest BCUT2D eigenvalue weighted by Crippen LogP contribution is -2.15. The molecule has 0 aliphatic heterocycles. The second-order valence-corrected chi connectivity index (χ2v) is 4.75. The first kappa shape index (κ1) is 12.5. The van der Waals surface area contributed by atoms with E-state index >= 15 is 0 Å². The molecule has 1 saturated carbocycles. The van der Waals surface area contributed by atoms with Crippen molar-refractivity contribution in [2.45, 2.75) is 51.2 Å². The Kier molecular flexibility index (Phi) is 3.79. The normalized spacial score (nSPS) is 21.2. The molecule has 0 saturated heterocycles. The number of aliphatic hydroxyl groups is 1. The van der Waals surface area contributed by atoms with Gasteiger partial charge in [-0.2, -0.15) is 4.98 Å². The summed E-state index contributed by atoms with van der Waals surface area (Å²) in [5, 5.41) is 13.7. The summed E-state index contributed by atoms with van der Waals surface area (Å²) < 4.78 is 10.6. The van der Waals surface area contributed by atoms with Gasteiger partial charge in [0.25, 0.3) is 0 Å². The first-order valence-electron chi connectivity index (χ1n) is 6.21. The molecule has 2 rings (SSSR count). The van der Waals surface area contributed by atoms with Gasteiger partial charge in [-0.3, -0.25) is 0 Å². The predicted octanol–water partition coefficient (Wildman–Crippen LogP) is 2.04. The van der Waals surface area contributed by atoms with Crippen LogP contribution in [0.25, 0.3) is 0 Å². The van der Waals surface area contributed by atoms with Crippen LogP contribution in [0.3, 0.4) is 0 Å². The van der Waals surface area contributed by atoms with E-state index in [4.69, 9.17) is 9.26 Å². The van der Waals surface area contributed by atoms with Crippen molar-refractivity contribution in [3.63, 3.8) is 0 Å². The number of ether oxygens (including phenoxy) is 1. The lowest BCUT2D eigenvalue weighted by atomic mass is 10.0. The molecule has 1 heterocycles. The van der Waals surface area contributed by atoms with Crippen LogP contribution in [0, 0.1) is 5.92 Å². The third-order valence-corrected chi connectivity index (χ3v) is 3.40. The third-order valence-electron chi connectivity index (χ3n) is 3.40. The van der Waals surface area contributed by atoms with Crippen LogP contribution in [0.2, 0.25) is 0 Å². The predicted molar refractivity (Wildman–Crippen MR) is 61.5 cm³/mol. The molecule has 1 aliphatic rings. The minimum atomic E-state index is -0.440. The standard InChI is InChI=1S/C12H20N2O3/c1-4-9(15)7(2)12-13-11(14-17-12)10(16-3)8-5-6-8/h7-10,15H,4-6H2,1-3H3. The van der Waals surface area contributed by atoms with Gasteiger partial charge in [-0.25, -0.2) is 0 Å². The lowest BCUT2D eigenvalue weighted by Gasteiger charge is -2.12. The molecule has 1 fully saturated rings. The summed E-state index contributed by atoms with van der Waals surface area (Å²) >= 11 is 0. The maximum absolute atomic E-state index is 9.75. The van der Waals surface area contributed by atoms with Crippen LogP contribution in [0.1, 0.15) is 56.8 Å². The molecule has 0 bridgehead atoms. The van der Waals surface area contributed by atoms with Gasteiger partial charge >= 0.3 is 0 Å². The molecule has 1 aromatic rings. The number of rotatable bonds is 6. The second kappa shape index (κ2) is 5.14. The summed E-state index contributed by atoms with van der Waals surface area (Å²) in [6.45, 7) is 3.82. The van der Waals surface area contributed by atoms with E-state index in [1.807, 2.05) is 13.8 Å². The molecule has 5 nitrogen and oxygen atoms in total. The maximum Gasteiger partial charge on any atom is 0.232 e. The average Bonchev–Trinajstić information content (AvgIpc) is 3.06. The van der Waals surface area contributed by atoms with Gasteiger partial charge in [0.15, 0.2) is 0 Å². The fourth-order valence-electron chi connectivity index (χ4n) is 1.97. The summed E-state index contributed by atoms with van der Waals surface area (Å²) in [7, 11) is 1.67. The topological polar surface area (TPSA) is 68.4 Å². The van der Waals surface area contributed by atoms with Crippen LogP contribution in [0.4, 0.5) is 0 Å². The molecular formula is C12H20N2O3. The van der Waals surface area contributed by atoms with Crippen molar-refractivity contribution in [3.05, 3.63) is 11.7 Å². The molecule has 5 heteroatoms. The number of hydrogen-bond donors (Lipinski definition) is 1. The Balaban J connectivity index is 2.09. The Morgan fingerprint density at radius 3 is 2.76 bits per heavy atom. The van der Waals surface area contributed by atoms with Gasteiger partial charge in [0.1, 0.15) is 6.10 Å². The highest BCUT2D eigenvalue weighted by Gasteiger charge is 2.36. The Bertz CT molecular complexity index is 362. The third kappa shape index (κ3) is 2.66. The molecule has 1 aromatic heterocycles. The SMILES string of the molecule is CCC(O)C(C)c1nc(C(OC)C2CC2)no1. The molecule has 96 valence electrons. The van der Waals surface area contributed by atoms with E-state index in [0.29, 0.717) is 24.1 Å². The average molecular weight is 240 g/mol. The minimum Gasteiger partial charge on any atom is -0.392 e. The maximum atomic E-state index is 9.75. The lowest BCUT2D eigenvalue weighted by molar-refractivity contribution is 0.0751. The largest absolute Gasteiger partial charge is 0.392 e. The van der Waals surface area contributed by atoms with Crippen molar-refractivity contribution in [2.75, 3.05) is 7.11 Å². The van der Waals surface area contributed by atoms with Crippen LogP contribution < -0.4 is 0 Å². The van der Waals surface area contributed by atoms with Crippen molar-refractivity contribution in [2.24, 2.45) is 5.92 Å². The number of aromatic nitrogens is 2. The molecule has 3 atom stereocenters. The van der Waals surface area contributed by atoms with Crippen LogP contribution >= 0.6 is 0 Å². The Labute approximate surface area is 101 Å². The molecule has 0 spiro atoms. The summed E-state index contributed by atoms with van der Waals surface area (Å²) in [6.07, 6.45) is 2.50. The smallest absolute Gasteiger partial charge is 0.232 e. The van der Waals surface area contributed by atoms with Crippen molar-refractivity contribution in [3.8, 4) is 0 Å². The number of aliphatic hydroxyl groups excluding tert-OH is 1. The van der Waals surface area contributed by atoms with Gasteiger partial charge < -0.3 is 14.4 Å². The molecule has 1 N–H and O–H groups in total. The molecule has 3 unspecified atom stereocenters. The minimum absolute atomic E-state index is 0.0570. The van der Waals surface area contributed by atoms with E-state index < -0.39 is 6.10 Å². The summed E-state index contributed by atoms with van der Waals surface area (Å²) in [4.78, 5) is 4.35. The number of hydrogen-bond acceptors (Lipinski definition) is 5. The van der Waals surface area contributed by atoms with E-state index in [1.165, 1.54) is 0 Å². The summed E-state index contributed by atoms with van der Waals surface area (Å²) in [5.41, 5.74) is 0. The summed E-state index contributed by atoms with van der Waals surface area (Å²) in [6, 6.07) is 0. The zero-order valence-corrected chi connectivity index (χ0v) is 10.6. The monoisotopic (exact) mass is 240 g/mol. The zero-order valence-electron chi connectivity index (χ0n) is 10.6. The van der Waals surface area contributed by atoms with E-state index in [-0.39, 0.29) is 12.0 Å². The highest BCUT2D eigenvalue weighted by molar-refractivity contribution is 5.01. The van der Waals surface area contributed by atoms with Crippen LogP contribution in [-0.2, 0) is 4.74 Å². The van der Waals surface area contributed by atoms with Crippen LogP contribution in [-0.4, -0.2) is 28.5 Å². The van der Waals surface area contributed by atoms with Crippen molar-refractivity contribution >= 4 is 0 Å². The van der Waals surface area contributed by atoms with Gasteiger partial charge in [0.2, 0.25) is 11.7 Å². The highest BCUT2D eigenvalue weighted by Crippen LogP contribution is 2.42. The first-order valence-corrected chi connectivity index (χ1v) is 6.21. The van der Waals surface area contributed by atoms with Gasteiger partial charge in [0, 0.05) is 7.11 Å². The van der Waals surface area contributed by atoms with Gasteiger partial charge in [0.05, 0.1) is 12.0 Å². The Hall–Kier alpha value is -0.940. The Morgan fingerprint density at radius 2 is 2.24 bits per heavy atom. The molecule has 0 radical (unpaired) electrons. The fraction of sp³-hybridized carbons (Fsp3) is 0.833. The van der Waals surface area contributed by atoms with Crippen LogP contribution in [0.15, 0.2) is 4.52 Å². The molecule has 1 aliphatic carbocycles. The van der Waals surface area contributed by atoms with Crippen molar-refractivity contribution in [1.82, 2.24) is 10.1 Å². The highest BCUT2D eigenvalue weighted by atomic mass is 16.5. The quantitative estimate of drug-likeness (QED) is 0.824. The first-order chi connectivity index (χ1) is 8.17. The van der Waals surface area contributed by atoms with Gasteiger partial charge in [-0.15, -0.1) is 0 Å².